The van der Waals surface area contributed by atoms with Crippen molar-refractivity contribution in [2.24, 2.45) is 43.3 Å². The third kappa shape index (κ3) is 20.2. The third-order valence-corrected chi connectivity index (χ3v) is 24.5. The van der Waals surface area contributed by atoms with E-state index in [9.17, 15) is 41.9 Å². The van der Waals surface area contributed by atoms with Crippen LogP contribution in [0.3, 0.4) is 0 Å². The number of hydrogen-bond donors (Lipinski definition) is 5. The molecule has 30 heteroatoms. The van der Waals surface area contributed by atoms with Gasteiger partial charge in [-0.3, -0.25) is 10.0 Å². The fourth-order valence-corrected chi connectivity index (χ4v) is 18.5. The van der Waals surface area contributed by atoms with Crippen molar-refractivity contribution in [3.8, 4) is 0 Å². The van der Waals surface area contributed by atoms with Crippen LogP contribution in [0.2, 0.25) is 0 Å². The van der Waals surface area contributed by atoms with Gasteiger partial charge in [-0.15, -0.1) is 0 Å². The van der Waals surface area contributed by atoms with Crippen LogP contribution in [0.4, 0.5) is 36.7 Å². The number of hydroxylamine groups is 4. The lowest BCUT2D eigenvalue weighted by atomic mass is 10.0. The molecule has 8 amide bonds. The second-order valence-corrected chi connectivity index (χ2v) is 32.6. The molecule has 0 aromatic heterocycles. The summed E-state index contributed by atoms with van der Waals surface area (Å²) in [7, 11) is 10.9. The average molecular weight is 1640 g/mol. The maximum Gasteiger partial charge on any atom is 0.365 e. The number of hydrazone groups is 4. The zero-order valence-electron chi connectivity index (χ0n) is 65.3. The molecule has 606 valence electrons. The molecule has 4 heterocycles. The van der Waals surface area contributed by atoms with E-state index < -0.39 is 37.4 Å². The van der Waals surface area contributed by atoms with E-state index in [0.717, 1.165) is 49.6 Å². The van der Waals surface area contributed by atoms with Gasteiger partial charge in [0.25, 0.3) is 0 Å². The molecule has 4 aliphatic heterocycles. The van der Waals surface area contributed by atoms with E-state index >= 15 is 0 Å². The number of urea groups is 4. The average Bonchev–Trinajstić information content (AvgIpc) is 1.61. The first kappa shape index (κ1) is 89.9. The van der Waals surface area contributed by atoms with Crippen LogP contribution >= 0.6 is 47.0 Å². The fourth-order valence-electron chi connectivity index (χ4n) is 12.8. The lowest BCUT2D eigenvalue weighted by Crippen LogP contribution is -2.47. The highest BCUT2D eigenvalue weighted by Crippen LogP contribution is 2.55. The molecular formula is C84H102F4N16O6S4. The number of benzene rings is 8. The van der Waals surface area contributed by atoms with Crippen LogP contribution in [0, 0.1) is 51.0 Å². The van der Waals surface area contributed by atoms with E-state index in [2.05, 4.69) is 20.4 Å². The molecule has 4 aliphatic rings. The van der Waals surface area contributed by atoms with E-state index in [4.69, 9.17) is 27.8 Å². The highest BCUT2D eigenvalue weighted by molar-refractivity contribution is 8.16. The van der Waals surface area contributed by atoms with E-state index in [0.29, 0.717) is 125 Å². The maximum atomic E-state index is 14.6. The molecule has 114 heavy (non-hydrogen) atoms. The molecule has 0 aliphatic carbocycles. The molecule has 0 saturated carbocycles. The predicted molar refractivity (Wildman–Crippen MR) is 454 cm³/mol. The maximum absolute atomic E-state index is 14.6. The number of carbonyl (C=O) groups is 4. The van der Waals surface area contributed by atoms with Crippen LogP contribution in [-0.2, 0) is 24.3 Å². The van der Waals surface area contributed by atoms with E-state index in [1.54, 1.807) is 76.7 Å². The van der Waals surface area contributed by atoms with Gasteiger partial charge in [0.15, 0.2) is 0 Å². The minimum absolute atomic E-state index is 0. The van der Waals surface area contributed by atoms with Gasteiger partial charge in [0.05, 0.1) is 7.11 Å². The SMILES string of the molecule is C.CON(C)C(=O)N1N=C(c2cc(C)ccc2F)SC1(CCCN)c1ccccc1.Cc1ccc(F)c(C2=NN(C(=O)N(C)C)C(CCCN)(c3ccccc3)S2)c1.Cc1ccc(F)c(C2=NN(C(=O)N(C)C)C(CCCN)(c3ccccc3)S2)c1.Cc1ccc(F)c(C2=NN(C(=O)N(C)O)C(CCCN)(c3ccccc3)S2)c1. The van der Waals surface area contributed by atoms with Crippen molar-refractivity contribution in [2.75, 3.05) is 75.6 Å². The Morgan fingerprint density at radius 1 is 0.377 bits per heavy atom. The van der Waals surface area contributed by atoms with Crippen molar-refractivity contribution in [2.45, 2.75) is 106 Å². The Bertz CT molecular complexity index is 4410. The molecular weight excluding hydrogens is 1530 g/mol. The number of aryl methyl sites for hydroxylation is 4. The van der Waals surface area contributed by atoms with Crippen LogP contribution in [0.1, 0.15) is 126 Å². The van der Waals surface area contributed by atoms with E-state index in [1.165, 1.54) is 122 Å². The number of halogens is 4. The largest absolute Gasteiger partial charge is 0.365 e. The normalized spacial score (nSPS) is 18.7. The number of amides is 8. The van der Waals surface area contributed by atoms with Gasteiger partial charge in [-0.2, -0.15) is 40.4 Å². The topological polar surface area (TPSA) is 277 Å². The summed E-state index contributed by atoms with van der Waals surface area (Å²) in [5, 5.41) is 37.1. The minimum atomic E-state index is -0.930. The Balaban J connectivity index is 0.000000190. The summed E-state index contributed by atoms with van der Waals surface area (Å²) < 4.78 is 58.3. The van der Waals surface area contributed by atoms with Crippen molar-refractivity contribution in [1.82, 2.24) is 40.0 Å². The lowest BCUT2D eigenvalue weighted by molar-refractivity contribution is -0.0805. The molecule has 8 aromatic carbocycles. The van der Waals surface area contributed by atoms with Gasteiger partial charge < -0.3 is 32.7 Å². The molecule has 12 rings (SSSR count). The monoisotopic (exact) mass is 1630 g/mol. The summed E-state index contributed by atoms with van der Waals surface area (Å²) in [5.74, 6) is -1.49. The van der Waals surface area contributed by atoms with Crippen molar-refractivity contribution < 1.29 is 46.8 Å². The molecule has 0 bridgehead atoms. The first-order valence-electron chi connectivity index (χ1n) is 36.7. The van der Waals surface area contributed by atoms with Crippen LogP contribution < -0.4 is 22.9 Å². The second-order valence-electron chi connectivity index (χ2n) is 27.5. The van der Waals surface area contributed by atoms with Crippen molar-refractivity contribution in [3.63, 3.8) is 0 Å². The van der Waals surface area contributed by atoms with Crippen LogP contribution in [-0.4, -0.2) is 165 Å². The summed E-state index contributed by atoms with van der Waals surface area (Å²) in [6.45, 7) is 9.46. The number of hydrogen-bond acceptors (Lipinski definition) is 18. The Labute approximate surface area is 682 Å². The van der Waals surface area contributed by atoms with Crippen LogP contribution in [0.15, 0.2) is 215 Å². The number of nitrogens with two attached hydrogens (primary N) is 4. The molecule has 22 nitrogen and oxygen atoms in total. The highest BCUT2D eigenvalue weighted by atomic mass is 32.2. The lowest BCUT2D eigenvalue weighted by Gasteiger charge is -2.37. The number of rotatable bonds is 21. The summed E-state index contributed by atoms with van der Waals surface area (Å²) >= 11 is 5.50. The van der Waals surface area contributed by atoms with E-state index in [1.807, 2.05) is 149 Å². The molecule has 4 atom stereocenters. The quantitative estimate of drug-likeness (QED) is 0.0254. The fraction of sp³-hybridized carbons (Fsp3) is 0.333. The van der Waals surface area contributed by atoms with Gasteiger partial charge in [-0.05, 0) is 176 Å². The third-order valence-electron chi connectivity index (χ3n) is 18.7. The van der Waals surface area contributed by atoms with Crippen molar-refractivity contribution >= 4 is 91.3 Å². The van der Waals surface area contributed by atoms with Crippen LogP contribution in [0.5, 0.6) is 0 Å². The van der Waals surface area contributed by atoms with Gasteiger partial charge in [0.2, 0.25) is 0 Å². The molecule has 0 spiro atoms. The second kappa shape index (κ2) is 40.6. The molecule has 0 saturated heterocycles. The smallest absolute Gasteiger partial charge is 0.330 e. The zero-order valence-corrected chi connectivity index (χ0v) is 68.5. The first-order valence-corrected chi connectivity index (χ1v) is 40.0. The minimum Gasteiger partial charge on any atom is -0.330 e. The molecule has 0 radical (unpaired) electrons. The highest BCUT2D eigenvalue weighted by Gasteiger charge is 2.54. The van der Waals surface area contributed by atoms with Crippen molar-refractivity contribution in [1.29, 1.82) is 0 Å². The molecule has 9 N–H and O–H groups in total. The summed E-state index contributed by atoms with van der Waals surface area (Å²) in [5.41, 5.74) is 31.9. The number of thioether (sulfide) groups is 4. The Hall–Kier alpha value is -9.60. The predicted octanol–water partition coefficient (Wildman–Crippen LogP) is 16.8. The summed E-state index contributed by atoms with van der Waals surface area (Å²) in [4.78, 5) is 56.7. The summed E-state index contributed by atoms with van der Waals surface area (Å²) in [6, 6.07) is 56.4. The van der Waals surface area contributed by atoms with Gasteiger partial charge in [-0.1, -0.05) is 222 Å². The van der Waals surface area contributed by atoms with Gasteiger partial charge in [0, 0.05) is 64.5 Å². The zero-order chi connectivity index (χ0) is 82.0. The molecule has 8 aromatic rings. The number of carbonyl (C=O) groups excluding carboxylic acids is 4. The summed E-state index contributed by atoms with van der Waals surface area (Å²) in [6.07, 6.45) is 4.98. The van der Waals surface area contributed by atoms with Gasteiger partial charge >= 0.3 is 24.1 Å². The van der Waals surface area contributed by atoms with Crippen molar-refractivity contribution in [3.05, 3.63) is 284 Å². The first-order chi connectivity index (χ1) is 54.1. The van der Waals surface area contributed by atoms with Gasteiger partial charge in [0.1, 0.15) is 62.9 Å². The van der Waals surface area contributed by atoms with Crippen LogP contribution in [0.25, 0.3) is 0 Å². The van der Waals surface area contributed by atoms with Gasteiger partial charge in [-0.25, -0.2) is 46.9 Å². The standard InChI is InChI=1S/C21H25FN4O2S.2C21H25FN4OS.C20H23FN4O2S.CH4/c1-15-10-11-18(22)17(14-15)19-24-26(20(27)25(2)28-3)21(29-19,12-7-13-23)16-8-5-4-6-9-16;2*1-15-10-11-18(22)17(14-15)19-24-26(20(27)25(2)3)21(28-19,12-7-13-23)16-8-5-4-6-9-16;1-14-9-10-17(21)16(13-14)18-23-25(19(26)24(2)27)20(28-18,11-6-12-22)15-7-4-3-5-8-15;/h4-6,8-11,14H,7,12-13,23H2,1-3H3;2*4-6,8-11,14H,7,12-13,23H2,1-3H3;3-5,7-10,13,27H,6,11-12,22H2,1-2H3;1H4. The Morgan fingerprint density at radius 2 is 0.596 bits per heavy atom. The Morgan fingerprint density at radius 3 is 0.798 bits per heavy atom. The Kier molecular flexibility index (Phi) is 32.0. The molecule has 4 unspecified atom stereocenters. The molecule has 0 fully saturated rings. The number of nitrogens with zero attached hydrogens (tertiary/aromatic N) is 12. The van der Waals surface area contributed by atoms with E-state index in [-0.39, 0.29) is 36.9 Å².